The van der Waals surface area contributed by atoms with Crippen LogP contribution in [0.15, 0.2) is 18.3 Å². The normalized spacial score (nSPS) is 14.5. The second-order valence-electron chi connectivity index (χ2n) is 4.47. The molecule has 0 bridgehead atoms. The summed E-state index contributed by atoms with van der Waals surface area (Å²) in [6, 6.07) is 3.66. The molecule has 0 unspecified atom stereocenters. The molecule has 1 aliphatic carbocycles. The van der Waals surface area contributed by atoms with Gasteiger partial charge in [-0.25, -0.2) is 4.98 Å². The molecule has 1 heterocycles. The van der Waals surface area contributed by atoms with E-state index in [-0.39, 0.29) is 5.91 Å². The average molecular weight is 233 g/mol. The molecule has 4 nitrogen and oxygen atoms in total. The van der Waals surface area contributed by atoms with Crippen molar-refractivity contribution < 1.29 is 4.79 Å². The van der Waals surface area contributed by atoms with Crippen molar-refractivity contribution in [2.75, 3.05) is 25.5 Å². The lowest BCUT2D eigenvalue weighted by molar-refractivity contribution is 0.0756. The van der Waals surface area contributed by atoms with Crippen molar-refractivity contribution in [3.63, 3.8) is 0 Å². The van der Waals surface area contributed by atoms with Crippen molar-refractivity contribution >= 4 is 11.7 Å². The highest BCUT2D eigenvalue weighted by atomic mass is 16.2. The first-order valence-corrected chi connectivity index (χ1v) is 6.17. The van der Waals surface area contributed by atoms with Gasteiger partial charge in [0.15, 0.2) is 0 Å². The molecule has 1 saturated carbocycles. The van der Waals surface area contributed by atoms with E-state index in [4.69, 9.17) is 0 Å². The number of pyridine rings is 1. The molecular weight excluding hydrogens is 214 g/mol. The predicted molar refractivity (Wildman–Crippen MR) is 68.1 cm³/mol. The number of nitrogens with zero attached hydrogens (tertiary/aromatic N) is 2. The van der Waals surface area contributed by atoms with Crippen LogP contribution in [0.2, 0.25) is 0 Å². The number of carbonyl (C=O) groups is 1. The molecule has 1 aliphatic rings. The molecule has 92 valence electrons. The van der Waals surface area contributed by atoms with E-state index in [0.29, 0.717) is 5.56 Å². The van der Waals surface area contributed by atoms with Crippen LogP contribution in [0.3, 0.4) is 0 Å². The maximum atomic E-state index is 12.2. The van der Waals surface area contributed by atoms with Gasteiger partial charge in [-0.05, 0) is 37.8 Å². The fourth-order valence-corrected chi connectivity index (χ4v) is 1.82. The van der Waals surface area contributed by atoms with Gasteiger partial charge in [0.2, 0.25) is 0 Å². The first-order valence-electron chi connectivity index (χ1n) is 6.17. The van der Waals surface area contributed by atoms with Gasteiger partial charge in [0, 0.05) is 26.3 Å². The highest BCUT2D eigenvalue weighted by Gasteiger charge is 2.26. The molecule has 1 fully saturated rings. The zero-order valence-electron chi connectivity index (χ0n) is 10.4. The summed E-state index contributed by atoms with van der Waals surface area (Å²) < 4.78 is 0. The number of rotatable bonds is 5. The first-order chi connectivity index (χ1) is 8.24. The Hall–Kier alpha value is -1.58. The number of aromatic nitrogens is 1. The Balaban J connectivity index is 2.04. The van der Waals surface area contributed by atoms with Crippen LogP contribution >= 0.6 is 0 Å². The lowest BCUT2D eigenvalue weighted by Gasteiger charge is -2.20. The van der Waals surface area contributed by atoms with E-state index in [2.05, 4.69) is 10.3 Å². The quantitative estimate of drug-likeness (QED) is 0.846. The molecular formula is C13H19N3O. The van der Waals surface area contributed by atoms with Crippen LogP contribution in [-0.4, -0.2) is 35.9 Å². The Labute approximate surface area is 102 Å². The minimum Gasteiger partial charge on any atom is -0.373 e. The monoisotopic (exact) mass is 233 g/mol. The molecule has 0 saturated heterocycles. The summed E-state index contributed by atoms with van der Waals surface area (Å²) in [6.45, 7) is 3.68. The number of anilines is 1. The van der Waals surface area contributed by atoms with Gasteiger partial charge in [0.05, 0.1) is 5.56 Å². The summed E-state index contributed by atoms with van der Waals surface area (Å²) in [5.74, 6) is 1.60. The van der Waals surface area contributed by atoms with Gasteiger partial charge in [-0.15, -0.1) is 0 Å². The Morgan fingerprint density at radius 3 is 2.76 bits per heavy atom. The fraction of sp³-hybridized carbons (Fsp3) is 0.538. The number of hydrogen-bond acceptors (Lipinski definition) is 3. The number of nitrogens with one attached hydrogen (secondary N) is 1. The summed E-state index contributed by atoms with van der Waals surface area (Å²) in [7, 11) is 1.81. The maximum Gasteiger partial charge on any atom is 0.255 e. The lowest BCUT2D eigenvalue weighted by atomic mass is 10.2. The van der Waals surface area contributed by atoms with Crippen molar-refractivity contribution in [1.82, 2.24) is 9.88 Å². The van der Waals surface area contributed by atoms with Crippen molar-refractivity contribution in [2.24, 2.45) is 5.92 Å². The molecule has 0 spiro atoms. The summed E-state index contributed by atoms with van der Waals surface area (Å²) in [5.41, 5.74) is 0.673. The maximum absolute atomic E-state index is 12.2. The van der Waals surface area contributed by atoms with Gasteiger partial charge < -0.3 is 10.2 Å². The molecule has 1 N–H and O–H groups in total. The molecule has 0 atom stereocenters. The number of amides is 1. The SMILES string of the molecule is CCN(CC1CC1)C(=O)c1ccc(NC)nc1. The van der Waals surface area contributed by atoms with Crippen LogP contribution in [0, 0.1) is 5.92 Å². The lowest BCUT2D eigenvalue weighted by Crippen LogP contribution is -2.32. The summed E-state index contributed by atoms with van der Waals surface area (Å²) in [5, 5.41) is 2.94. The van der Waals surface area contributed by atoms with E-state index in [1.807, 2.05) is 31.0 Å². The third-order valence-corrected chi connectivity index (χ3v) is 3.11. The molecule has 1 aromatic heterocycles. The Bertz CT molecular complexity index is 384. The van der Waals surface area contributed by atoms with Gasteiger partial charge in [-0.1, -0.05) is 0 Å². The van der Waals surface area contributed by atoms with Crippen molar-refractivity contribution in [2.45, 2.75) is 19.8 Å². The van der Waals surface area contributed by atoms with Crippen LogP contribution < -0.4 is 5.32 Å². The van der Waals surface area contributed by atoms with Gasteiger partial charge >= 0.3 is 0 Å². The van der Waals surface area contributed by atoms with Crippen LogP contribution in [0.25, 0.3) is 0 Å². The largest absolute Gasteiger partial charge is 0.373 e. The van der Waals surface area contributed by atoms with Crippen molar-refractivity contribution in [1.29, 1.82) is 0 Å². The average Bonchev–Trinajstić information content (AvgIpc) is 3.19. The molecule has 1 amide bonds. The van der Waals surface area contributed by atoms with Crippen LogP contribution in [-0.2, 0) is 0 Å². The molecule has 0 aromatic carbocycles. The molecule has 2 rings (SSSR count). The molecule has 4 heteroatoms. The molecule has 17 heavy (non-hydrogen) atoms. The van der Waals surface area contributed by atoms with E-state index in [9.17, 15) is 4.79 Å². The summed E-state index contributed by atoms with van der Waals surface area (Å²) >= 11 is 0. The minimum atomic E-state index is 0.0922. The molecule has 0 aliphatic heterocycles. The third kappa shape index (κ3) is 2.96. The van der Waals surface area contributed by atoms with Crippen LogP contribution in [0.5, 0.6) is 0 Å². The predicted octanol–water partition coefficient (Wildman–Crippen LogP) is 2.00. The van der Waals surface area contributed by atoms with Gasteiger partial charge in [0.1, 0.15) is 5.82 Å². The number of carbonyl (C=O) groups excluding carboxylic acids is 1. The van der Waals surface area contributed by atoms with E-state index in [1.165, 1.54) is 12.8 Å². The van der Waals surface area contributed by atoms with Crippen LogP contribution in [0.1, 0.15) is 30.1 Å². The van der Waals surface area contributed by atoms with Gasteiger partial charge in [-0.3, -0.25) is 4.79 Å². The third-order valence-electron chi connectivity index (χ3n) is 3.11. The van der Waals surface area contributed by atoms with E-state index in [0.717, 1.165) is 24.8 Å². The molecule has 1 aromatic rings. The first kappa shape index (κ1) is 11.9. The smallest absolute Gasteiger partial charge is 0.255 e. The Morgan fingerprint density at radius 1 is 1.53 bits per heavy atom. The highest BCUT2D eigenvalue weighted by Crippen LogP contribution is 2.30. The minimum absolute atomic E-state index is 0.0922. The Kier molecular flexibility index (Phi) is 3.61. The van der Waals surface area contributed by atoms with Crippen molar-refractivity contribution in [3.05, 3.63) is 23.9 Å². The van der Waals surface area contributed by atoms with E-state index >= 15 is 0 Å². The van der Waals surface area contributed by atoms with Gasteiger partial charge in [0.25, 0.3) is 5.91 Å². The zero-order chi connectivity index (χ0) is 12.3. The highest BCUT2D eigenvalue weighted by molar-refractivity contribution is 5.94. The summed E-state index contributed by atoms with van der Waals surface area (Å²) in [6.07, 6.45) is 4.17. The second-order valence-corrected chi connectivity index (χ2v) is 4.47. The summed E-state index contributed by atoms with van der Waals surface area (Å²) in [4.78, 5) is 18.3. The fourth-order valence-electron chi connectivity index (χ4n) is 1.82. The standard InChI is InChI=1S/C13H19N3O/c1-3-16(9-10-4-5-10)13(17)11-6-7-12(14-2)15-8-11/h6-8,10H,3-5,9H2,1-2H3,(H,14,15). The van der Waals surface area contributed by atoms with Gasteiger partial charge in [-0.2, -0.15) is 0 Å². The van der Waals surface area contributed by atoms with E-state index < -0.39 is 0 Å². The van der Waals surface area contributed by atoms with Crippen molar-refractivity contribution in [3.8, 4) is 0 Å². The zero-order valence-corrected chi connectivity index (χ0v) is 10.4. The second kappa shape index (κ2) is 5.17. The number of hydrogen-bond donors (Lipinski definition) is 1. The van der Waals surface area contributed by atoms with E-state index in [1.54, 1.807) is 6.20 Å². The van der Waals surface area contributed by atoms with Crippen LogP contribution in [0.4, 0.5) is 5.82 Å². The molecule has 0 radical (unpaired) electrons. The Morgan fingerprint density at radius 2 is 2.29 bits per heavy atom. The topological polar surface area (TPSA) is 45.2 Å².